The van der Waals surface area contributed by atoms with Crippen molar-refractivity contribution in [3.63, 3.8) is 0 Å². The lowest BCUT2D eigenvalue weighted by Gasteiger charge is -2.40. The van der Waals surface area contributed by atoms with Crippen LogP contribution in [0, 0.1) is 18.2 Å². The smallest absolute Gasteiger partial charge is 0.310 e. The number of aryl methyl sites for hydroxylation is 1. The van der Waals surface area contributed by atoms with E-state index in [1.165, 1.54) is 12.1 Å². The zero-order chi connectivity index (χ0) is 29.8. The predicted octanol–water partition coefficient (Wildman–Crippen LogP) is 6.82. The Kier molecular flexibility index (Phi) is 9.37. The van der Waals surface area contributed by atoms with Gasteiger partial charge in [0.25, 0.3) is 0 Å². The normalized spacial score (nSPS) is 16.3. The van der Waals surface area contributed by atoms with Crippen LogP contribution in [0.2, 0.25) is 0 Å². The summed E-state index contributed by atoms with van der Waals surface area (Å²) in [4.78, 5) is 19.6. The molecule has 0 bridgehead atoms. The van der Waals surface area contributed by atoms with E-state index in [1.807, 2.05) is 19.1 Å². The van der Waals surface area contributed by atoms with E-state index in [-0.39, 0.29) is 24.8 Å². The van der Waals surface area contributed by atoms with Gasteiger partial charge in [0, 0.05) is 36.3 Å². The fourth-order valence-corrected chi connectivity index (χ4v) is 5.12. The molecular formula is C34H43FN2O4. The van der Waals surface area contributed by atoms with Crippen LogP contribution in [0.1, 0.15) is 70.0 Å². The molecule has 0 atom stereocenters. The van der Waals surface area contributed by atoms with Crippen LogP contribution in [0.15, 0.2) is 48.5 Å². The number of pyridine rings is 1. The van der Waals surface area contributed by atoms with Crippen LogP contribution in [0.3, 0.4) is 0 Å². The number of fused-ring (bicyclic) bond motifs is 1. The molecule has 220 valence electrons. The lowest BCUT2D eigenvalue weighted by Crippen LogP contribution is -2.39. The van der Waals surface area contributed by atoms with Crippen LogP contribution < -0.4 is 9.64 Å². The molecule has 1 N–H and O–H groups in total. The van der Waals surface area contributed by atoms with Crippen molar-refractivity contribution < 1.29 is 23.8 Å². The number of hydrogen-bond donors (Lipinski definition) is 1. The molecule has 2 aliphatic rings. The van der Waals surface area contributed by atoms with Gasteiger partial charge in [0.2, 0.25) is 0 Å². The number of hydrogen-bond acceptors (Lipinski definition) is 6. The highest BCUT2D eigenvalue weighted by atomic mass is 19.1. The number of halogens is 1. The van der Waals surface area contributed by atoms with Crippen molar-refractivity contribution in [2.24, 2.45) is 5.41 Å². The van der Waals surface area contributed by atoms with Gasteiger partial charge in [0.15, 0.2) is 0 Å². The zero-order valence-electron chi connectivity index (χ0n) is 25.2. The van der Waals surface area contributed by atoms with Crippen molar-refractivity contribution >= 4 is 11.7 Å². The lowest BCUT2D eigenvalue weighted by molar-refractivity contribution is -0.145. The van der Waals surface area contributed by atoms with Crippen molar-refractivity contribution in [1.82, 2.24) is 4.98 Å². The van der Waals surface area contributed by atoms with E-state index >= 15 is 0 Å². The quantitative estimate of drug-likeness (QED) is 0.333. The van der Waals surface area contributed by atoms with E-state index < -0.39 is 5.60 Å². The summed E-state index contributed by atoms with van der Waals surface area (Å²) in [5.41, 5.74) is 6.96. The number of piperidine rings is 1. The Bertz CT molecular complexity index is 1330. The molecule has 2 aromatic carbocycles. The van der Waals surface area contributed by atoms with Crippen LogP contribution >= 0.6 is 0 Å². The minimum atomic E-state index is -0.500. The predicted molar refractivity (Wildman–Crippen MR) is 161 cm³/mol. The number of carbonyl (C=O) groups excluding carboxylic acids is 1. The van der Waals surface area contributed by atoms with Crippen LogP contribution in [0.4, 0.5) is 10.1 Å². The Morgan fingerprint density at radius 2 is 1.66 bits per heavy atom. The highest BCUT2D eigenvalue weighted by Gasteiger charge is 2.32. The molecule has 0 radical (unpaired) electrons. The molecule has 3 heterocycles. The number of cyclic esters (lactones) is 1. The minimum Gasteiger partial charge on any atom is -0.493 e. The van der Waals surface area contributed by atoms with Crippen molar-refractivity contribution in [2.75, 3.05) is 24.6 Å². The van der Waals surface area contributed by atoms with E-state index in [0.717, 1.165) is 71.0 Å². The van der Waals surface area contributed by atoms with Gasteiger partial charge in [0.05, 0.1) is 30.0 Å². The lowest BCUT2D eigenvalue weighted by atomic mass is 9.82. The summed E-state index contributed by atoms with van der Waals surface area (Å²) >= 11 is 0. The number of anilines is 1. The van der Waals surface area contributed by atoms with Gasteiger partial charge in [-0.15, -0.1) is 0 Å². The third-order valence-electron chi connectivity index (χ3n) is 7.38. The molecule has 0 spiro atoms. The molecule has 1 fully saturated rings. The molecule has 0 aliphatic carbocycles. The summed E-state index contributed by atoms with van der Waals surface area (Å²) in [5.74, 6) is 0.364. The van der Waals surface area contributed by atoms with Gasteiger partial charge in [-0.05, 0) is 81.3 Å². The number of benzene rings is 2. The molecule has 2 aliphatic heterocycles. The first-order valence-electron chi connectivity index (χ1n) is 14.4. The number of carbonyl (C=O) groups is 1. The second-order valence-electron chi connectivity index (χ2n) is 12.8. The van der Waals surface area contributed by atoms with Gasteiger partial charge in [-0.1, -0.05) is 38.1 Å². The van der Waals surface area contributed by atoms with Crippen molar-refractivity contribution in [3.8, 4) is 16.9 Å². The van der Waals surface area contributed by atoms with Crippen molar-refractivity contribution in [1.29, 1.82) is 0 Å². The number of rotatable bonds is 6. The number of ether oxygens (including phenoxy) is 2. The molecular weight excluding hydrogens is 519 g/mol. The number of esters is 1. The Morgan fingerprint density at radius 1 is 1.05 bits per heavy atom. The SMILES string of the molecule is CC(C)(C)O.Cc1nc2c(c(N3CCC(C)(C)CC3)c1-c1ccc(OCCc3ccc(F)cc3)cc1)CC(=O)OC2. The van der Waals surface area contributed by atoms with Crippen LogP contribution in [-0.2, 0) is 29.0 Å². The molecule has 5 rings (SSSR count). The summed E-state index contributed by atoms with van der Waals surface area (Å²) in [6, 6.07) is 14.6. The maximum absolute atomic E-state index is 13.1. The fraction of sp³-hybridized carbons (Fsp3) is 0.471. The Hall–Kier alpha value is -3.45. The standard InChI is InChI=1S/C30H33FN2O3.C4H10O/c1-20-28(22-6-10-24(11-7-22)35-17-12-21-4-8-23(31)9-5-21)29(33-15-13-30(2,3)14-16-33)25-18-27(34)36-19-26(25)32-20;1-4(2,3)5/h4-11H,12-19H2,1-3H3;5H,1-3H3. The molecule has 0 amide bonds. The van der Waals surface area contributed by atoms with Crippen LogP contribution in [-0.4, -0.2) is 41.4 Å². The average Bonchev–Trinajstić information content (AvgIpc) is 2.89. The average molecular weight is 563 g/mol. The van der Waals surface area contributed by atoms with Gasteiger partial charge in [-0.2, -0.15) is 0 Å². The van der Waals surface area contributed by atoms with Crippen LogP contribution in [0.5, 0.6) is 5.75 Å². The second kappa shape index (κ2) is 12.6. The maximum atomic E-state index is 13.1. The highest BCUT2D eigenvalue weighted by molar-refractivity contribution is 5.87. The Balaban J connectivity index is 0.000000714. The Morgan fingerprint density at radius 3 is 2.27 bits per heavy atom. The number of aromatic nitrogens is 1. The molecule has 1 aromatic heterocycles. The summed E-state index contributed by atoms with van der Waals surface area (Å²) in [5, 5.41) is 8.52. The molecule has 41 heavy (non-hydrogen) atoms. The van der Waals surface area contributed by atoms with Gasteiger partial charge >= 0.3 is 5.97 Å². The van der Waals surface area contributed by atoms with Gasteiger partial charge in [0.1, 0.15) is 18.2 Å². The molecule has 1 saturated heterocycles. The van der Waals surface area contributed by atoms with Crippen LogP contribution in [0.25, 0.3) is 11.1 Å². The first-order valence-corrected chi connectivity index (χ1v) is 14.4. The third kappa shape index (κ3) is 8.52. The minimum absolute atomic E-state index is 0.192. The van der Waals surface area contributed by atoms with Crippen molar-refractivity contribution in [3.05, 3.63) is 76.9 Å². The molecule has 6 nitrogen and oxygen atoms in total. The van der Waals surface area contributed by atoms with E-state index in [0.29, 0.717) is 18.4 Å². The monoisotopic (exact) mass is 562 g/mol. The summed E-state index contributed by atoms with van der Waals surface area (Å²) < 4.78 is 24.4. The third-order valence-corrected chi connectivity index (χ3v) is 7.38. The Labute approximate surface area is 243 Å². The van der Waals surface area contributed by atoms with Gasteiger partial charge in [-0.25, -0.2) is 4.39 Å². The first-order chi connectivity index (χ1) is 19.3. The van der Waals surface area contributed by atoms with Crippen molar-refractivity contribution in [2.45, 2.75) is 79.4 Å². The molecule has 0 saturated carbocycles. The maximum Gasteiger partial charge on any atom is 0.310 e. The van der Waals surface area contributed by atoms with E-state index in [1.54, 1.807) is 32.9 Å². The topological polar surface area (TPSA) is 71.9 Å². The summed E-state index contributed by atoms with van der Waals surface area (Å²) in [6.07, 6.45) is 3.18. The molecule has 0 unspecified atom stereocenters. The molecule has 7 heteroatoms. The van der Waals surface area contributed by atoms with E-state index in [4.69, 9.17) is 19.6 Å². The fourth-order valence-electron chi connectivity index (χ4n) is 5.12. The first kappa shape index (κ1) is 30.5. The van der Waals surface area contributed by atoms with E-state index in [9.17, 15) is 9.18 Å². The highest BCUT2D eigenvalue weighted by Crippen LogP contribution is 2.42. The summed E-state index contributed by atoms with van der Waals surface area (Å²) in [7, 11) is 0. The zero-order valence-corrected chi connectivity index (χ0v) is 25.2. The van der Waals surface area contributed by atoms with E-state index in [2.05, 4.69) is 30.9 Å². The number of nitrogens with zero attached hydrogens (tertiary/aromatic N) is 2. The largest absolute Gasteiger partial charge is 0.493 e. The van der Waals surface area contributed by atoms with Gasteiger partial charge in [-0.3, -0.25) is 9.78 Å². The molecule has 3 aromatic rings. The van der Waals surface area contributed by atoms with Gasteiger partial charge < -0.3 is 19.5 Å². The number of aliphatic hydroxyl groups is 1. The summed E-state index contributed by atoms with van der Waals surface area (Å²) in [6.45, 7) is 14.6. The second-order valence-corrected chi connectivity index (χ2v) is 12.8.